The number of rotatable bonds is 4. The molecule has 0 bridgehead atoms. The Labute approximate surface area is 143 Å². The van der Waals surface area contributed by atoms with Crippen molar-refractivity contribution < 1.29 is 9.53 Å². The molecule has 1 aromatic carbocycles. The Bertz CT molecular complexity index is 742. The molecule has 128 valence electrons. The van der Waals surface area contributed by atoms with Crippen LogP contribution >= 0.6 is 0 Å². The molecule has 0 saturated heterocycles. The number of para-hydroxylation sites is 1. The van der Waals surface area contributed by atoms with Crippen LogP contribution in [-0.2, 0) is 16.0 Å². The molecule has 0 spiro atoms. The molecule has 3 rings (SSSR count). The van der Waals surface area contributed by atoms with E-state index in [1.807, 2.05) is 25.1 Å². The van der Waals surface area contributed by atoms with Gasteiger partial charge in [0.15, 0.2) is 0 Å². The van der Waals surface area contributed by atoms with Crippen molar-refractivity contribution in [2.75, 3.05) is 12.4 Å². The number of hydrogen-bond acceptors (Lipinski definition) is 4. The maximum atomic E-state index is 11.9. The van der Waals surface area contributed by atoms with E-state index in [2.05, 4.69) is 23.3 Å². The van der Waals surface area contributed by atoms with Gasteiger partial charge in [-0.2, -0.15) is 0 Å². The molecule has 0 amide bonds. The highest BCUT2D eigenvalue weighted by atomic mass is 16.5. The first-order valence-electron chi connectivity index (χ1n) is 8.81. The number of anilines is 1. The Morgan fingerprint density at radius 1 is 1.29 bits per heavy atom. The molecule has 4 nitrogen and oxygen atoms in total. The van der Waals surface area contributed by atoms with Crippen LogP contribution in [0.2, 0.25) is 0 Å². The van der Waals surface area contributed by atoms with Gasteiger partial charge in [0, 0.05) is 28.4 Å². The lowest BCUT2D eigenvalue weighted by Crippen LogP contribution is -2.31. The van der Waals surface area contributed by atoms with Crippen LogP contribution in [0.4, 0.5) is 5.69 Å². The standard InChI is InChI=1S/C20H26N2O2/c1-13-8-4-6-10-17(13)22-20-15-9-5-7-11-18(15)21-14(2)16(20)12-19(23)24-3/h5,7,9,11,13,17H,4,6,8,10,12H2,1-3H3,(H,21,22). The molecule has 0 aliphatic heterocycles. The molecule has 4 heteroatoms. The molecular formula is C20H26N2O2. The van der Waals surface area contributed by atoms with Crippen molar-refractivity contribution in [1.29, 1.82) is 0 Å². The molecule has 1 saturated carbocycles. The first-order valence-corrected chi connectivity index (χ1v) is 8.81. The monoisotopic (exact) mass is 326 g/mol. The molecule has 1 aromatic heterocycles. The predicted octanol–water partition coefficient (Wildman–Crippen LogP) is 4.25. The quantitative estimate of drug-likeness (QED) is 0.853. The van der Waals surface area contributed by atoms with Crippen LogP contribution in [0, 0.1) is 12.8 Å². The van der Waals surface area contributed by atoms with Gasteiger partial charge in [0.2, 0.25) is 0 Å². The Balaban J connectivity index is 2.06. The van der Waals surface area contributed by atoms with E-state index in [1.165, 1.54) is 32.8 Å². The number of nitrogens with zero attached hydrogens (tertiary/aromatic N) is 1. The fourth-order valence-electron chi connectivity index (χ4n) is 3.69. The molecular weight excluding hydrogens is 300 g/mol. The van der Waals surface area contributed by atoms with E-state index in [0.717, 1.165) is 27.8 Å². The molecule has 1 N–H and O–H groups in total. The number of pyridine rings is 1. The number of ether oxygens (including phenoxy) is 1. The largest absolute Gasteiger partial charge is 0.469 e. The van der Waals surface area contributed by atoms with Crippen LogP contribution in [0.15, 0.2) is 24.3 Å². The minimum atomic E-state index is -0.227. The normalized spacial score (nSPS) is 20.8. The summed E-state index contributed by atoms with van der Waals surface area (Å²) in [5, 5.41) is 4.85. The summed E-state index contributed by atoms with van der Waals surface area (Å²) in [6.07, 6.45) is 5.25. The molecule has 2 unspecified atom stereocenters. The summed E-state index contributed by atoms with van der Waals surface area (Å²) in [6.45, 7) is 4.28. The van der Waals surface area contributed by atoms with Crippen molar-refractivity contribution in [1.82, 2.24) is 4.98 Å². The average Bonchev–Trinajstić information content (AvgIpc) is 2.59. The third kappa shape index (κ3) is 3.37. The summed E-state index contributed by atoms with van der Waals surface area (Å²) in [6, 6.07) is 8.58. The second-order valence-electron chi connectivity index (χ2n) is 6.83. The lowest BCUT2D eigenvalue weighted by Gasteiger charge is -2.32. The van der Waals surface area contributed by atoms with E-state index in [-0.39, 0.29) is 12.4 Å². The number of methoxy groups -OCH3 is 1. The summed E-state index contributed by atoms with van der Waals surface area (Å²) >= 11 is 0. The van der Waals surface area contributed by atoms with Crippen molar-refractivity contribution in [3.8, 4) is 0 Å². The highest BCUT2D eigenvalue weighted by Crippen LogP contribution is 2.33. The zero-order chi connectivity index (χ0) is 17.1. The third-order valence-electron chi connectivity index (χ3n) is 5.19. The SMILES string of the molecule is COC(=O)Cc1c(C)nc2ccccc2c1NC1CCCCC1C. The second-order valence-corrected chi connectivity index (χ2v) is 6.83. The van der Waals surface area contributed by atoms with Crippen molar-refractivity contribution in [3.05, 3.63) is 35.5 Å². The fraction of sp³-hybridized carbons (Fsp3) is 0.500. The number of nitrogens with one attached hydrogen (secondary N) is 1. The van der Waals surface area contributed by atoms with Crippen LogP contribution in [0.1, 0.15) is 43.9 Å². The van der Waals surface area contributed by atoms with Crippen LogP contribution < -0.4 is 5.32 Å². The van der Waals surface area contributed by atoms with Gasteiger partial charge in [0.1, 0.15) is 0 Å². The minimum absolute atomic E-state index is 0.227. The van der Waals surface area contributed by atoms with E-state index in [0.29, 0.717) is 12.0 Å². The van der Waals surface area contributed by atoms with E-state index in [1.54, 1.807) is 0 Å². The predicted molar refractivity (Wildman–Crippen MR) is 97.2 cm³/mol. The topological polar surface area (TPSA) is 51.2 Å². The van der Waals surface area contributed by atoms with Crippen molar-refractivity contribution in [2.24, 2.45) is 5.92 Å². The van der Waals surface area contributed by atoms with Crippen LogP contribution in [0.25, 0.3) is 10.9 Å². The molecule has 2 atom stereocenters. The van der Waals surface area contributed by atoms with Crippen molar-refractivity contribution in [2.45, 2.75) is 52.0 Å². The molecule has 24 heavy (non-hydrogen) atoms. The molecule has 2 aromatic rings. The van der Waals surface area contributed by atoms with Crippen molar-refractivity contribution >= 4 is 22.6 Å². The van der Waals surface area contributed by atoms with Gasteiger partial charge in [0.25, 0.3) is 0 Å². The summed E-state index contributed by atoms with van der Waals surface area (Å²) in [5.41, 5.74) is 3.88. The molecule has 0 radical (unpaired) electrons. The summed E-state index contributed by atoms with van der Waals surface area (Å²) in [5.74, 6) is 0.409. The molecule has 1 fully saturated rings. The van der Waals surface area contributed by atoms with Gasteiger partial charge >= 0.3 is 5.97 Å². The molecule has 1 aliphatic carbocycles. The number of carbonyl (C=O) groups excluding carboxylic acids is 1. The highest BCUT2D eigenvalue weighted by Gasteiger charge is 2.24. The Morgan fingerprint density at radius 3 is 2.79 bits per heavy atom. The zero-order valence-corrected chi connectivity index (χ0v) is 14.8. The average molecular weight is 326 g/mol. The number of hydrogen-bond donors (Lipinski definition) is 1. The van der Waals surface area contributed by atoms with Gasteiger partial charge < -0.3 is 10.1 Å². The summed E-state index contributed by atoms with van der Waals surface area (Å²) in [4.78, 5) is 16.6. The number of fused-ring (bicyclic) bond motifs is 1. The van der Waals surface area contributed by atoms with Gasteiger partial charge in [-0.1, -0.05) is 38.0 Å². The van der Waals surface area contributed by atoms with Gasteiger partial charge in [0.05, 0.1) is 19.0 Å². The van der Waals surface area contributed by atoms with E-state index in [9.17, 15) is 4.79 Å². The Morgan fingerprint density at radius 2 is 2.04 bits per heavy atom. The van der Waals surface area contributed by atoms with E-state index in [4.69, 9.17) is 4.74 Å². The first-order chi connectivity index (χ1) is 11.6. The smallest absolute Gasteiger partial charge is 0.310 e. The first kappa shape index (κ1) is 16.7. The van der Waals surface area contributed by atoms with Crippen LogP contribution in [-0.4, -0.2) is 24.1 Å². The molecule has 1 aliphatic rings. The molecule has 1 heterocycles. The highest BCUT2D eigenvalue weighted by molar-refractivity contribution is 5.95. The fourth-order valence-corrected chi connectivity index (χ4v) is 3.69. The van der Waals surface area contributed by atoms with Crippen LogP contribution in [0.3, 0.4) is 0 Å². The van der Waals surface area contributed by atoms with Gasteiger partial charge in [-0.15, -0.1) is 0 Å². The number of aryl methyl sites for hydroxylation is 1. The van der Waals surface area contributed by atoms with Gasteiger partial charge in [-0.05, 0) is 31.7 Å². The number of benzene rings is 1. The lowest BCUT2D eigenvalue weighted by molar-refractivity contribution is -0.139. The number of aromatic nitrogens is 1. The summed E-state index contributed by atoms with van der Waals surface area (Å²) < 4.78 is 4.89. The van der Waals surface area contributed by atoms with E-state index >= 15 is 0 Å². The second kappa shape index (κ2) is 7.20. The number of carbonyl (C=O) groups is 1. The minimum Gasteiger partial charge on any atom is -0.469 e. The Hall–Kier alpha value is -2.10. The lowest BCUT2D eigenvalue weighted by atomic mass is 9.85. The maximum Gasteiger partial charge on any atom is 0.310 e. The van der Waals surface area contributed by atoms with Crippen molar-refractivity contribution in [3.63, 3.8) is 0 Å². The third-order valence-corrected chi connectivity index (χ3v) is 5.19. The number of esters is 1. The zero-order valence-electron chi connectivity index (χ0n) is 14.8. The van der Waals surface area contributed by atoms with Gasteiger partial charge in [-0.25, -0.2) is 0 Å². The Kier molecular flexibility index (Phi) is 5.03. The maximum absolute atomic E-state index is 11.9. The van der Waals surface area contributed by atoms with E-state index < -0.39 is 0 Å². The van der Waals surface area contributed by atoms with Gasteiger partial charge in [-0.3, -0.25) is 9.78 Å². The summed E-state index contributed by atoms with van der Waals surface area (Å²) in [7, 11) is 1.43. The van der Waals surface area contributed by atoms with Crippen LogP contribution in [0.5, 0.6) is 0 Å².